The second-order valence-corrected chi connectivity index (χ2v) is 5.69. The van der Waals surface area contributed by atoms with Crippen molar-refractivity contribution in [3.8, 4) is 11.3 Å². The highest BCUT2D eigenvalue weighted by atomic mass is 19.4. The third kappa shape index (κ3) is 4.38. The summed E-state index contributed by atoms with van der Waals surface area (Å²) in [5.74, 6) is -1.35. The third-order valence-electron chi connectivity index (χ3n) is 3.54. The number of hydrogen-bond acceptors (Lipinski definition) is 5. The van der Waals surface area contributed by atoms with Crippen LogP contribution in [0.5, 0.6) is 0 Å². The zero-order valence-electron chi connectivity index (χ0n) is 13.9. The van der Waals surface area contributed by atoms with E-state index in [2.05, 4.69) is 20.3 Å². The van der Waals surface area contributed by atoms with Crippen LogP contribution in [-0.2, 0) is 6.18 Å². The lowest BCUT2D eigenvalue weighted by Gasteiger charge is -2.11. The molecule has 2 aromatic heterocycles. The monoisotopic (exact) mass is 374 g/mol. The molecule has 0 aliphatic carbocycles. The molecular weight excluding hydrogens is 361 g/mol. The standard InChI is InChI=1S/C18H13F3N4O2/c1-10-7-11(13-3-2-4-14(24-13)16(26)27)9-12(8-10)23-17-22-6-5-15(25-17)18(19,20)21/h2-9H,1H3,(H,26,27)(H,22,23,25). The molecule has 9 heteroatoms. The minimum atomic E-state index is -4.57. The molecule has 0 bridgehead atoms. The van der Waals surface area contributed by atoms with Crippen molar-refractivity contribution in [2.24, 2.45) is 0 Å². The number of nitrogens with zero attached hydrogens (tertiary/aromatic N) is 3. The maximum atomic E-state index is 12.8. The smallest absolute Gasteiger partial charge is 0.433 e. The van der Waals surface area contributed by atoms with Gasteiger partial charge in [-0.2, -0.15) is 13.2 Å². The van der Waals surface area contributed by atoms with Crippen LogP contribution in [0.15, 0.2) is 48.7 Å². The van der Waals surface area contributed by atoms with Gasteiger partial charge in [0.15, 0.2) is 0 Å². The van der Waals surface area contributed by atoms with Gasteiger partial charge in [0.1, 0.15) is 11.4 Å². The lowest BCUT2D eigenvalue weighted by atomic mass is 10.1. The number of halogens is 3. The Hall–Kier alpha value is -3.49. The molecular formula is C18H13F3N4O2. The van der Waals surface area contributed by atoms with Crippen molar-refractivity contribution in [3.63, 3.8) is 0 Å². The maximum absolute atomic E-state index is 12.8. The van der Waals surface area contributed by atoms with Crippen LogP contribution in [0.25, 0.3) is 11.3 Å². The number of anilines is 2. The highest BCUT2D eigenvalue weighted by Crippen LogP contribution is 2.29. The van der Waals surface area contributed by atoms with E-state index in [1.54, 1.807) is 37.3 Å². The summed E-state index contributed by atoms with van der Waals surface area (Å²) in [5.41, 5.74) is 1.11. The average Bonchev–Trinajstić information content (AvgIpc) is 2.61. The lowest BCUT2D eigenvalue weighted by molar-refractivity contribution is -0.141. The average molecular weight is 374 g/mol. The van der Waals surface area contributed by atoms with Crippen LogP contribution in [0, 0.1) is 6.92 Å². The molecule has 0 saturated heterocycles. The Labute approximate surface area is 151 Å². The van der Waals surface area contributed by atoms with Gasteiger partial charge in [0.2, 0.25) is 5.95 Å². The number of aryl methyl sites for hydroxylation is 1. The number of carbonyl (C=O) groups is 1. The largest absolute Gasteiger partial charge is 0.477 e. The van der Waals surface area contributed by atoms with Gasteiger partial charge in [-0.1, -0.05) is 6.07 Å². The molecule has 3 aromatic rings. The molecule has 1 aromatic carbocycles. The first-order valence-electron chi connectivity index (χ1n) is 7.72. The number of carboxylic acid groups (broad SMARTS) is 1. The van der Waals surface area contributed by atoms with Crippen LogP contribution in [-0.4, -0.2) is 26.0 Å². The lowest BCUT2D eigenvalue weighted by Crippen LogP contribution is -2.10. The van der Waals surface area contributed by atoms with E-state index >= 15 is 0 Å². The second-order valence-electron chi connectivity index (χ2n) is 5.69. The predicted molar refractivity (Wildman–Crippen MR) is 91.7 cm³/mol. The third-order valence-corrected chi connectivity index (χ3v) is 3.54. The van der Waals surface area contributed by atoms with Crippen molar-refractivity contribution in [1.29, 1.82) is 0 Å². The molecule has 0 amide bonds. The normalized spacial score (nSPS) is 11.3. The number of alkyl halides is 3. The first kappa shape index (κ1) is 18.3. The summed E-state index contributed by atoms with van der Waals surface area (Å²) in [6, 6.07) is 10.5. The number of aromatic carboxylic acids is 1. The van der Waals surface area contributed by atoms with Crippen LogP contribution in [0.4, 0.5) is 24.8 Å². The van der Waals surface area contributed by atoms with Gasteiger partial charge >= 0.3 is 12.1 Å². The number of carboxylic acids is 1. The van der Waals surface area contributed by atoms with Crippen molar-refractivity contribution in [3.05, 3.63) is 65.6 Å². The summed E-state index contributed by atoms with van der Waals surface area (Å²) in [6.07, 6.45) is -3.55. The number of pyridine rings is 1. The molecule has 0 radical (unpaired) electrons. The fraction of sp³-hybridized carbons (Fsp3) is 0.111. The molecule has 0 aliphatic heterocycles. The molecule has 2 N–H and O–H groups in total. The van der Waals surface area contributed by atoms with Crippen LogP contribution in [0.1, 0.15) is 21.7 Å². The van der Waals surface area contributed by atoms with E-state index < -0.39 is 17.8 Å². The molecule has 0 unspecified atom stereocenters. The van der Waals surface area contributed by atoms with E-state index in [1.807, 2.05) is 0 Å². The quantitative estimate of drug-likeness (QED) is 0.708. The van der Waals surface area contributed by atoms with E-state index in [1.165, 1.54) is 6.07 Å². The maximum Gasteiger partial charge on any atom is 0.433 e. The van der Waals surface area contributed by atoms with E-state index in [0.29, 0.717) is 16.9 Å². The minimum Gasteiger partial charge on any atom is -0.477 e. The molecule has 3 rings (SSSR count). The molecule has 0 aliphatic rings. The van der Waals surface area contributed by atoms with Gasteiger partial charge in [0, 0.05) is 17.4 Å². The second kappa shape index (κ2) is 7.02. The molecule has 27 heavy (non-hydrogen) atoms. The van der Waals surface area contributed by atoms with E-state index in [9.17, 15) is 18.0 Å². The first-order valence-corrected chi connectivity index (χ1v) is 7.72. The Morgan fingerprint density at radius 1 is 1.11 bits per heavy atom. The topological polar surface area (TPSA) is 88.0 Å². The highest BCUT2D eigenvalue weighted by molar-refractivity contribution is 5.86. The van der Waals surface area contributed by atoms with Crippen molar-refractivity contribution < 1.29 is 23.1 Å². The molecule has 0 fully saturated rings. The van der Waals surface area contributed by atoms with Crippen molar-refractivity contribution in [1.82, 2.24) is 15.0 Å². The minimum absolute atomic E-state index is 0.107. The zero-order valence-corrected chi connectivity index (χ0v) is 13.9. The Morgan fingerprint density at radius 3 is 2.59 bits per heavy atom. The summed E-state index contributed by atoms with van der Waals surface area (Å²) in [4.78, 5) is 22.4. The molecule has 2 heterocycles. The molecule has 0 spiro atoms. The number of benzene rings is 1. The van der Waals surface area contributed by atoms with Crippen molar-refractivity contribution in [2.45, 2.75) is 13.1 Å². The van der Waals surface area contributed by atoms with Crippen molar-refractivity contribution >= 4 is 17.6 Å². The number of aromatic nitrogens is 3. The fourth-order valence-corrected chi connectivity index (χ4v) is 2.42. The van der Waals surface area contributed by atoms with Crippen LogP contribution < -0.4 is 5.32 Å². The van der Waals surface area contributed by atoms with E-state index in [0.717, 1.165) is 17.8 Å². The van der Waals surface area contributed by atoms with E-state index in [-0.39, 0.29) is 11.6 Å². The Morgan fingerprint density at radius 2 is 1.89 bits per heavy atom. The van der Waals surface area contributed by atoms with Crippen LogP contribution in [0.3, 0.4) is 0 Å². The van der Waals surface area contributed by atoms with Crippen LogP contribution in [0.2, 0.25) is 0 Å². The zero-order chi connectivity index (χ0) is 19.6. The predicted octanol–water partition coefficient (Wildman–Crippen LogP) is 4.31. The first-order chi connectivity index (χ1) is 12.7. The summed E-state index contributed by atoms with van der Waals surface area (Å²) >= 11 is 0. The molecule has 6 nitrogen and oxygen atoms in total. The molecule has 138 valence electrons. The summed E-state index contributed by atoms with van der Waals surface area (Å²) in [7, 11) is 0. The van der Waals surface area contributed by atoms with Crippen LogP contribution >= 0.6 is 0 Å². The van der Waals surface area contributed by atoms with Gasteiger partial charge < -0.3 is 10.4 Å². The van der Waals surface area contributed by atoms with Gasteiger partial charge in [-0.25, -0.2) is 19.7 Å². The Bertz CT molecular complexity index is 1010. The van der Waals surface area contributed by atoms with Crippen molar-refractivity contribution in [2.75, 3.05) is 5.32 Å². The SMILES string of the molecule is Cc1cc(Nc2nccc(C(F)(F)F)n2)cc(-c2cccc(C(=O)O)n2)c1. The number of hydrogen-bond donors (Lipinski definition) is 2. The van der Waals surface area contributed by atoms with Gasteiger partial charge in [-0.05, 0) is 48.9 Å². The summed E-state index contributed by atoms with van der Waals surface area (Å²) in [5, 5.41) is 11.8. The Kier molecular flexibility index (Phi) is 4.76. The van der Waals surface area contributed by atoms with Gasteiger partial charge in [0.25, 0.3) is 0 Å². The highest BCUT2D eigenvalue weighted by Gasteiger charge is 2.32. The number of rotatable bonds is 4. The summed E-state index contributed by atoms with van der Waals surface area (Å²) < 4.78 is 38.4. The summed E-state index contributed by atoms with van der Waals surface area (Å²) in [6.45, 7) is 1.79. The Balaban J connectivity index is 1.95. The van der Waals surface area contributed by atoms with Gasteiger partial charge in [-0.15, -0.1) is 0 Å². The van der Waals surface area contributed by atoms with Gasteiger partial charge in [-0.3, -0.25) is 0 Å². The fourth-order valence-electron chi connectivity index (χ4n) is 2.42. The number of nitrogens with one attached hydrogen (secondary N) is 1. The molecule has 0 atom stereocenters. The van der Waals surface area contributed by atoms with Gasteiger partial charge in [0.05, 0.1) is 5.69 Å². The molecule has 0 saturated carbocycles. The van der Waals surface area contributed by atoms with E-state index in [4.69, 9.17) is 5.11 Å².